The summed E-state index contributed by atoms with van der Waals surface area (Å²) in [7, 11) is 0. The van der Waals surface area contributed by atoms with E-state index >= 15 is 0 Å². The maximum absolute atomic E-state index is 13.7. The van der Waals surface area contributed by atoms with Gasteiger partial charge in [0, 0.05) is 44.4 Å². The van der Waals surface area contributed by atoms with Crippen LogP contribution >= 0.6 is 0 Å². The highest BCUT2D eigenvalue weighted by Crippen LogP contribution is 2.17. The van der Waals surface area contributed by atoms with Crippen molar-refractivity contribution in [1.29, 1.82) is 0 Å². The van der Waals surface area contributed by atoms with Gasteiger partial charge in [0.1, 0.15) is 11.6 Å². The molecule has 1 atom stereocenters. The van der Waals surface area contributed by atoms with E-state index in [0.717, 1.165) is 32.2 Å². The zero-order chi connectivity index (χ0) is 16.8. The lowest BCUT2D eigenvalue weighted by atomic mass is 10.1. The van der Waals surface area contributed by atoms with Crippen molar-refractivity contribution in [3.8, 4) is 0 Å². The van der Waals surface area contributed by atoms with Gasteiger partial charge in [-0.1, -0.05) is 6.07 Å². The Labute approximate surface area is 134 Å². The summed E-state index contributed by atoms with van der Waals surface area (Å²) < 4.78 is 26.6. The van der Waals surface area contributed by atoms with E-state index in [1.54, 1.807) is 6.92 Å². The Morgan fingerprint density at radius 1 is 1.26 bits per heavy atom. The third-order valence-electron chi connectivity index (χ3n) is 4.05. The SMILES string of the molecule is C[C@@H](NC(=O)CN1CCN(CCO)CC1)c1ccc(F)cc1F. The van der Waals surface area contributed by atoms with Crippen LogP contribution in [0.25, 0.3) is 0 Å². The van der Waals surface area contributed by atoms with Crippen molar-refractivity contribution in [2.45, 2.75) is 13.0 Å². The average Bonchev–Trinajstić information content (AvgIpc) is 2.49. The Hall–Kier alpha value is -1.57. The first-order valence-corrected chi connectivity index (χ1v) is 7.79. The summed E-state index contributed by atoms with van der Waals surface area (Å²) in [5.41, 5.74) is 0.271. The number of benzene rings is 1. The molecule has 1 heterocycles. The van der Waals surface area contributed by atoms with Crippen LogP contribution in [0.15, 0.2) is 18.2 Å². The summed E-state index contributed by atoms with van der Waals surface area (Å²) in [4.78, 5) is 16.2. The number of rotatable bonds is 6. The van der Waals surface area contributed by atoms with Crippen molar-refractivity contribution in [3.05, 3.63) is 35.4 Å². The summed E-state index contributed by atoms with van der Waals surface area (Å²) in [6.45, 7) is 5.86. The molecule has 1 fully saturated rings. The van der Waals surface area contributed by atoms with Gasteiger partial charge in [0.05, 0.1) is 19.2 Å². The van der Waals surface area contributed by atoms with E-state index in [4.69, 9.17) is 5.11 Å². The Bertz CT molecular complexity index is 534. The van der Waals surface area contributed by atoms with Crippen LogP contribution in [0.2, 0.25) is 0 Å². The largest absolute Gasteiger partial charge is 0.395 e. The summed E-state index contributed by atoms with van der Waals surface area (Å²) in [5.74, 6) is -1.47. The normalized spacial score (nSPS) is 17.9. The Balaban J connectivity index is 1.80. The number of hydrogen-bond donors (Lipinski definition) is 2. The molecule has 7 heteroatoms. The molecule has 128 valence electrons. The van der Waals surface area contributed by atoms with Crippen LogP contribution in [0, 0.1) is 11.6 Å². The van der Waals surface area contributed by atoms with Gasteiger partial charge in [0.15, 0.2) is 0 Å². The second kappa shape index (κ2) is 8.33. The van der Waals surface area contributed by atoms with Crippen LogP contribution in [0.1, 0.15) is 18.5 Å². The van der Waals surface area contributed by atoms with Crippen molar-refractivity contribution in [1.82, 2.24) is 15.1 Å². The number of carbonyl (C=O) groups is 1. The van der Waals surface area contributed by atoms with Crippen molar-refractivity contribution >= 4 is 5.91 Å². The van der Waals surface area contributed by atoms with Crippen LogP contribution < -0.4 is 5.32 Å². The second-order valence-corrected chi connectivity index (χ2v) is 5.80. The van der Waals surface area contributed by atoms with E-state index in [0.29, 0.717) is 6.54 Å². The number of amides is 1. The van der Waals surface area contributed by atoms with Crippen molar-refractivity contribution in [3.63, 3.8) is 0 Å². The zero-order valence-electron chi connectivity index (χ0n) is 13.3. The Kier molecular flexibility index (Phi) is 6.44. The van der Waals surface area contributed by atoms with Gasteiger partial charge in [-0.25, -0.2) is 8.78 Å². The molecule has 2 N–H and O–H groups in total. The number of halogens is 2. The fraction of sp³-hybridized carbons (Fsp3) is 0.562. The molecular weight excluding hydrogens is 304 g/mol. The highest BCUT2D eigenvalue weighted by atomic mass is 19.1. The molecule has 1 aromatic rings. The van der Waals surface area contributed by atoms with Gasteiger partial charge in [-0.3, -0.25) is 14.6 Å². The Morgan fingerprint density at radius 2 is 1.91 bits per heavy atom. The molecular formula is C16H23F2N3O2. The summed E-state index contributed by atoms with van der Waals surface area (Å²) >= 11 is 0. The van der Waals surface area contributed by atoms with Gasteiger partial charge in [-0.05, 0) is 13.0 Å². The molecule has 1 aromatic carbocycles. The van der Waals surface area contributed by atoms with Gasteiger partial charge in [0.25, 0.3) is 0 Å². The summed E-state index contributed by atoms with van der Waals surface area (Å²) in [5, 5.41) is 11.6. The molecule has 0 saturated carbocycles. The average molecular weight is 327 g/mol. The van der Waals surface area contributed by atoms with Gasteiger partial charge < -0.3 is 10.4 Å². The van der Waals surface area contributed by atoms with E-state index in [9.17, 15) is 13.6 Å². The molecule has 1 aliphatic rings. The number of carbonyl (C=O) groups excluding carboxylic acids is 1. The monoisotopic (exact) mass is 327 g/mol. The van der Waals surface area contributed by atoms with E-state index in [2.05, 4.69) is 10.2 Å². The van der Waals surface area contributed by atoms with E-state index in [-0.39, 0.29) is 24.6 Å². The highest BCUT2D eigenvalue weighted by Gasteiger charge is 2.20. The van der Waals surface area contributed by atoms with Gasteiger partial charge >= 0.3 is 0 Å². The number of nitrogens with zero attached hydrogens (tertiary/aromatic N) is 2. The first-order valence-electron chi connectivity index (χ1n) is 7.79. The number of aliphatic hydroxyl groups is 1. The van der Waals surface area contributed by atoms with E-state index < -0.39 is 17.7 Å². The van der Waals surface area contributed by atoms with Crippen LogP contribution in [-0.4, -0.2) is 66.7 Å². The molecule has 1 amide bonds. The third kappa shape index (κ3) is 5.23. The van der Waals surface area contributed by atoms with Gasteiger partial charge in [-0.2, -0.15) is 0 Å². The molecule has 23 heavy (non-hydrogen) atoms. The van der Waals surface area contributed by atoms with Crippen molar-refractivity contribution < 1.29 is 18.7 Å². The smallest absolute Gasteiger partial charge is 0.234 e. The quantitative estimate of drug-likeness (QED) is 0.810. The molecule has 0 aliphatic carbocycles. The van der Waals surface area contributed by atoms with Gasteiger partial charge in [-0.15, -0.1) is 0 Å². The first kappa shape index (κ1) is 17.8. The van der Waals surface area contributed by atoms with Crippen LogP contribution in [-0.2, 0) is 4.79 Å². The number of aliphatic hydroxyl groups excluding tert-OH is 1. The minimum Gasteiger partial charge on any atom is -0.395 e. The summed E-state index contributed by atoms with van der Waals surface area (Å²) in [6.07, 6.45) is 0. The minimum atomic E-state index is -0.657. The maximum Gasteiger partial charge on any atom is 0.234 e. The topological polar surface area (TPSA) is 55.8 Å². The Morgan fingerprint density at radius 3 is 2.52 bits per heavy atom. The van der Waals surface area contributed by atoms with Crippen LogP contribution in [0.3, 0.4) is 0 Å². The number of piperazine rings is 1. The molecule has 0 radical (unpaired) electrons. The molecule has 0 unspecified atom stereocenters. The number of hydrogen-bond acceptors (Lipinski definition) is 4. The zero-order valence-corrected chi connectivity index (χ0v) is 13.3. The molecule has 0 aromatic heterocycles. The van der Waals surface area contributed by atoms with Crippen molar-refractivity contribution in [2.75, 3.05) is 45.9 Å². The molecule has 1 saturated heterocycles. The van der Waals surface area contributed by atoms with Crippen LogP contribution in [0.5, 0.6) is 0 Å². The molecule has 1 aliphatic heterocycles. The lowest BCUT2D eigenvalue weighted by Crippen LogP contribution is -2.50. The third-order valence-corrected chi connectivity index (χ3v) is 4.05. The van der Waals surface area contributed by atoms with Crippen LogP contribution in [0.4, 0.5) is 8.78 Å². The van der Waals surface area contributed by atoms with Crippen molar-refractivity contribution in [2.24, 2.45) is 0 Å². The first-order chi connectivity index (χ1) is 11.0. The maximum atomic E-state index is 13.7. The number of β-amino-alcohol motifs (C(OH)–C–C–N with tert-alkyl or cyclic N) is 1. The van der Waals surface area contributed by atoms with Gasteiger partial charge in [0.2, 0.25) is 5.91 Å². The summed E-state index contributed by atoms with van der Waals surface area (Å²) in [6, 6.07) is 2.84. The lowest BCUT2D eigenvalue weighted by Gasteiger charge is -2.34. The second-order valence-electron chi connectivity index (χ2n) is 5.80. The number of nitrogens with one attached hydrogen (secondary N) is 1. The fourth-order valence-electron chi connectivity index (χ4n) is 2.73. The highest BCUT2D eigenvalue weighted by molar-refractivity contribution is 5.78. The predicted octanol–water partition coefficient (Wildman–Crippen LogP) is 0.752. The standard InChI is InChI=1S/C16H23F2N3O2/c1-12(14-3-2-13(17)10-15(14)18)19-16(23)11-21-6-4-20(5-7-21)8-9-22/h2-3,10,12,22H,4-9,11H2,1H3,(H,19,23)/t12-/m1/s1. The minimum absolute atomic E-state index is 0.140. The van der Waals surface area contributed by atoms with E-state index in [1.165, 1.54) is 12.1 Å². The molecule has 5 nitrogen and oxygen atoms in total. The molecule has 0 bridgehead atoms. The van der Waals surface area contributed by atoms with E-state index in [1.807, 2.05) is 4.90 Å². The fourth-order valence-corrected chi connectivity index (χ4v) is 2.73. The molecule has 0 spiro atoms. The molecule has 2 rings (SSSR count). The predicted molar refractivity (Wildman–Crippen MR) is 82.9 cm³/mol. The lowest BCUT2D eigenvalue weighted by molar-refractivity contribution is -0.123.